The van der Waals surface area contributed by atoms with Gasteiger partial charge in [0.05, 0.1) is 6.26 Å². The number of benzene rings is 1. The number of urea groups is 1. The Morgan fingerprint density at radius 1 is 1.04 bits per heavy atom. The van der Waals surface area contributed by atoms with Gasteiger partial charge >= 0.3 is 11.9 Å². The van der Waals surface area contributed by atoms with E-state index in [4.69, 9.17) is 4.42 Å². The van der Waals surface area contributed by atoms with E-state index in [2.05, 4.69) is 19.2 Å². The number of nitrogens with zero attached hydrogens (tertiary/aromatic N) is 2. The van der Waals surface area contributed by atoms with Crippen molar-refractivity contribution in [1.29, 1.82) is 0 Å². The lowest BCUT2D eigenvalue weighted by Gasteiger charge is -2.28. The van der Waals surface area contributed by atoms with Crippen LogP contribution in [0.4, 0.5) is 10.5 Å². The Hall–Kier alpha value is -2.76. The smallest absolute Gasteiger partial charge is 0.340 e. The lowest BCUT2D eigenvalue weighted by atomic mass is 10.0. The van der Waals surface area contributed by atoms with Crippen LogP contribution in [-0.2, 0) is 12.8 Å². The van der Waals surface area contributed by atoms with Crippen molar-refractivity contribution in [1.82, 2.24) is 10.0 Å². The highest BCUT2D eigenvalue weighted by atomic mass is 16.3. The van der Waals surface area contributed by atoms with Crippen LogP contribution < -0.4 is 5.32 Å². The summed E-state index contributed by atoms with van der Waals surface area (Å²) < 4.78 is 5.18. The average Bonchev–Trinajstić information content (AvgIpc) is 3.32. The number of aryl methyl sites for hydroxylation is 2. The number of amides is 3. The molecule has 3 rings (SSSR count). The Morgan fingerprint density at radius 2 is 1.72 bits per heavy atom. The van der Waals surface area contributed by atoms with Crippen molar-refractivity contribution in [2.75, 3.05) is 18.4 Å². The molecular formula is C19H23N3O3. The number of nitrogens with one attached hydrogen (secondary N) is 1. The van der Waals surface area contributed by atoms with Crippen LogP contribution in [-0.4, -0.2) is 35.0 Å². The van der Waals surface area contributed by atoms with E-state index < -0.39 is 0 Å². The molecule has 0 saturated carbocycles. The van der Waals surface area contributed by atoms with Gasteiger partial charge < -0.3 is 9.73 Å². The topological polar surface area (TPSA) is 65.8 Å². The summed E-state index contributed by atoms with van der Waals surface area (Å²) in [6.07, 6.45) is 3.87. The molecule has 1 N–H and O–H groups in total. The molecule has 132 valence electrons. The van der Waals surface area contributed by atoms with Crippen molar-refractivity contribution in [2.24, 2.45) is 0 Å². The SMILES string of the molecule is CCc1cccc(CC)c1NC(=O)N1CCCN1C(=O)c1ccco1. The molecule has 0 bridgehead atoms. The predicted molar refractivity (Wildman–Crippen MR) is 95.3 cm³/mol. The zero-order chi connectivity index (χ0) is 17.8. The number of hydrogen-bond acceptors (Lipinski definition) is 3. The maximum atomic E-state index is 12.8. The van der Waals surface area contributed by atoms with Crippen LogP contribution in [0.1, 0.15) is 41.9 Å². The summed E-state index contributed by atoms with van der Waals surface area (Å²) in [6.45, 7) is 5.14. The molecule has 6 nitrogen and oxygen atoms in total. The average molecular weight is 341 g/mol. The standard InChI is InChI=1S/C19H23N3O3/c1-3-14-8-5-9-15(4-2)17(14)20-19(24)22-12-7-11-21(22)18(23)16-10-6-13-25-16/h5-6,8-10,13H,3-4,7,11-12H2,1-2H3,(H,20,24). The molecule has 1 aromatic heterocycles. The summed E-state index contributed by atoms with van der Waals surface area (Å²) in [5.41, 5.74) is 3.04. The second-order valence-corrected chi connectivity index (χ2v) is 5.97. The van der Waals surface area contributed by atoms with E-state index in [1.165, 1.54) is 16.3 Å². The van der Waals surface area contributed by atoms with Crippen LogP contribution in [0.15, 0.2) is 41.0 Å². The molecule has 2 aromatic rings. The molecule has 1 aliphatic heterocycles. The minimum atomic E-state index is -0.294. The number of anilines is 1. The molecule has 0 aliphatic carbocycles. The second kappa shape index (κ2) is 7.42. The highest BCUT2D eigenvalue weighted by Crippen LogP contribution is 2.24. The predicted octanol–water partition coefficient (Wildman–Crippen LogP) is 3.70. The number of para-hydroxylation sites is 1. The Labute approximate surface area is 147 Å². The molecule has 6 heteroatoms. The minimum Gasteiger partial charge on any atom is -0.459 e. The second-order valence-electron chi connectivity index (χ2n) is 5.97. The van der Waals surface area contributed by atoms with Crippen LogP contribution in [0.25, 0.3) is 0 Å². The molecular weight excluding hydrogens is 318 g/mol. The van der Waals surface area contributed by atoms with Gasteiger partial charge in [-0.15, -0.1) is 0 Å². The number of hydrogen-bond donors (Lipinski definition) is 1. The lowest BCUT2D eigenvalue weighted by Crippen LogP contribution is -2.46. The van der Waals surface area contributed by atoms with Crippen LogP contribution >= 0.6 is 0 Å². The fourth-order valence-electron chi connectivity index (χ4n) is 3.14. The molecule has 25 heavy (non-hydrogen) atoms. The van der Waals surface area contributed by atoms with Crippen molar-refractivity contribution in [3.05, 3.63) is 53.5 Å². The Morgan fingerprint density at radius 3 is 2.32 bits per heavy atom. The lowest BCUT2D eigenvalue weighted by molar-refractivity contribution is 0.0374. The Bertz CT molecular complexity index is 733. The van der Waals surface area contributed by atoms with Gasteiger partial charge in [-0.3, -0.25) is 4.79 Å². The van der Waals surface area contributed by atoms with Crippen molar-refractivity contribution in [2.45, 2.75) is 33.1 Å². The molecule has 1 aromatic carbocycles. The van der Waals surface area contributed by atoms with Gasteiger partial charge in [0.15, 0.2) is 5.76 Å². The third-order valence-corrected chi connectivity index (χ3v) is 4.46. The van der Waals surface area contributed by atoms with Crippen LogP contribution in [0.5, 0.6) is 0 Å². The maximum absolute atomic E-state index is 12.8. The maximum Gasteiger partial charge on any atom is 0.340 e. The van der Waals surface area contributed by atoms with Crippen molar-refractivity contribution in [3.63, 3.8) is 0 Å². The molecule has 1 aliphatic rings. The van der Waals surface area contributed by atoms with E-state index in [1.54, 1.807) is 12.1 Å². The first-order valence-corrected chi connectivity index (χ1v) is 8.70. The number of furan rings is 1. The van der Waals surface area contributed by atoms with E-state index in [1.807, 2.05) is 18.2 Å². The van der Waals surface area contributed by atoms with Gasteiger partial charge in [-0.25, -0.2) is 14.8 Å². The first-order valence-electron chi connectivity index (χ1n) is 8.70. The number of carbonyl (C=O) groups is 2. The van der Waals surface area contributed by atoms with E-state index in [0.717, 1.165) is 36.1 Å². The molecule has 3 amide bonds. The normalized spacial score (nSPS) is 14.0. The van der Waals surface area contributed by atoms with Gasteiger partial charge in [-0.1, -0.05) is 32.0 Å². The highest BCUT2D eigenvalue weighted by molar-refractivity contribution is 5.96. The van der Waals surface area contributed by atoms with Gasteiger partial charge in [0.2, 0.25) is 0 Å². The fourth-order valence-corrected chi connectivity index (χ4v) is 3.14. The third-order valence-electron chi connectivity index (χ3n) is 4.46. The third kappa shape index (κ3) is 3.38. The van der Waals surface area contributed by atoms with Crippen LogP contribution in [0.3, 0.4) is 0 Å². The minimum absolute atomic E-state index is 0.239. The highest BCUT2D eigenvalue weighted by Gasteiger charge is 2.33. The summed E-state index contributed by atoms with van der Waals surface area (Å²) in [4.78, 5) is 25.4. The molecule has 1 fully saturated rings. The van der Waals surface area contributed by atoms with E-state index >= 15 is 0 Å². The summed E-state index contributed by atoms with van der Waals surface area (Å²) in [6, 6.07) is 9.04. The molecule has 2 heterocycles. The fraction of sp³-hybridized carbons (Fsp3) is 0.368. The molecule has 0 radical (unpaired) electrons. The summed E-state index contributed by atoms with van der Waals surface area (Å²) in [5.74, 6) is -0.0555. The van der Waals surface area contributed by atoms with Crippen LogP contribution in [0.2, 0.25) is 0 Å². The summed E-state index contributed by atoms with van der Waals surface area (Å²) in [7, 11) is 0. The summed E-state index contributed by atoms with van der Waals surface area (Å²) in [5, 5.41) is 5.94. The first-order chi connectivity index (χ1) is 12.2. The van der Waals surface area contributed by atoms with Crippen LogP contribution in [0, 0.1) is 0 Å². The van der Waals surface area contributed by atoms with Gasteiger partial charge in [0.25, 0.3) is 0 Å². The van der Waals surface area contributed by atoms with Crippen molar-refractivity contribution in [3.8, 4) is 0 Å². The molecule has 1 saturated heterocycles. The number of hydrazine groups is 1. The quantitative estimate of drug-likeness (QED) is 0.922. The largest absolute Gasteiger partial charge is 0.459 e. The molecule has 0 unspecified atom stereocenters. The van der Waals surface area contributed by atoms with Gasteiger partial charge in [-0.05, 0) is 42.5 Å². The zero-order valence-electron chi connectivity index (χ0n) is 14.6. The van der Waals surface area contributed by atoms with E-state index in [-0.39, 0.29) is 17.7 Å². The van der Waals surface area contributed by atoms with Gasteiger partial charge in [-0.2, -0.15) is 0 Å². The molecule has 0 spiro atoms. The van der Waals surface area contributed by atoms with E-state index in [9.17, 15) is 9.59 Å². The van der Waals surface area contributed by atoms with Gasteiger partial charge in [0, 0.05) is 18.8 Å². The Balaban J connectivity index is 1.80. The monoisotopic (exact) mass is 341 g/mol. The van der Waals surface area contributed by atoms with Gasteiger partial charge in [0.1, 0.15) is 0 Å². The van der Waals surface area contributed by atoms with E-state index in [0.29, 0.717) is 13.1 Å². The number of rotatable bonds is 4. The number of carbonyl (C=O) groups excluding carboxylic acids is 2. The Kier molecular flexibility index (Phi) is 5.07. The van der Waals surface area contributed by atoms with Crippen molar-refractivity contribution >= 4 is 17.6 Å². The first kappa shape index (κ1) is 17.1. The zero-order valence-corrected chi connectivity index (χ0v) is 14.6. The molecule has 0 atom stereocenters. The summed E-state index contributed by atoms with van der Waals surface area (Å²) >= 11 is 0. The van der Waals surface area contributed by atoms with Crippen molar-refractivity contribution < 1.29 is 14.0 Å².